The van der Waals surface area contributed by atoms with E-state index < -0.39 is 5.97 Å². The minimum atomic E-state index is -0.655. The van der Waals surface area contributed by atoms with Crippen molar-refractivity contribution in [3.05, 3.63) is 0 Å². The predicted octanol–water partition coefficient (Wildman–Crippen LogP) is 10.1. The Morgan fingerprint density at radius 2 is 0.879 bits per heavy atom. The van der Waals surface area contributed by atoms with Gasteiger partial charge in [0.25, 0.3) is 0 Å². The number of carboxylic acid groups (broad SMARTS) is 1. The van der Waals surface area contributed by atoms with Crippen molar-refractivity contribution >= 4 is 5.97 Å². The van der Waals surface area contributed by atoms with Gasteiger partial charge in [-0.15, -0.1) is 0 Å². The third kappa shape index (κ3) is 39.0. The van der Waals surface area contributed by atoms with Gasteiger partial charge < -0.3 is 10.2 Å². The summed E-state index contributed by atoms with van der Waals surface area (Å²) in [5.41, 5.74) is 0. The van der Waals surface area contributed by atoms with Crippen LogP contribution >= 0.6 is 0 Å². The lowest BCUT2D eigenvalue weighted by molar-refractivity contribution is -0.137. The van der Waals surface area contributed by atoms with E-state index in [0.717, 1.165) is 25.2 Å². The molecule has 0 aliphatic rings. The zero-order chi connectivity index (χ0) is 24.8. The summed E-state index contributed by atoms with van der Waals surface area (Å²) in [4.78, 5) is 10.3. The quantitative estimate of drug-likeness (QED) is 0.130. The molecule has 0 amide bonds. The summed E-state index contributed by atoms with van der Waals surface area (Å²) >= 11 is 0. The van der Waals surface area contributed by atoms with Crippen molar-refractivity contribution in [1.29, 1.82) is 0 Å². The minimum Gasteiger partial charge on any atom is -0.481 e. The standard InChI is InChI=1S/C16H32O2.C14H30O/c1-2-3-4-5-6-7-8-9-10-11-12-13-14-15-16(17)18;1-14(2)12-10-8-6-4-3-5-7-9-11-13-15/h2-15H2,1H3,(H,17,18);14-15H,3-13H2,1-2H3. The zero-order valence-corrected chi connectivity index (χ0v) is 23.1. The van der Waals surface area contributed by atoms with Crippen molar-refractivity contribution in [3.63, 3.8) is 0 Å². The molecule has 0 spiro atoms. The molecule has 0 aliphatic heterocycles. The molecule has 0 aromatic rings. The molecule has 0 atom stereocenters. The van der Waals surface area contributed by atoms with E-state index >= 15 is 0 Å². The molecule has 0 aromatic heterocycles. The topological polar surface area (TPSA) is 57.5 Å². The zero-order valence-electron chi connectivity index (χ0n) is 23.1. The molecule has 0 bridgehead atoms. The van der Waals surface area contributed by atoms with E-state index in [4.69, 9.17) is 10.2 Å². The lowest BCUT2D eigenvalue weighted by Gasteiger charge is -2.04. The second kappa shape index (κ2) is 31.4. The number of aliphatic carboxylic acids is 1. The first-order chi connectivity index (χ1) is 16.0. The van der Waals surface area contributed by atoms with Crippen molar-refractivity contribution < 1.29 is 15.0 Å². The van der Waals surface area contributed by atoms with Gasteiger partial charge in [0.2, 0.25) is 0 Å². The molecule has 3 heteroatoms. The second-order valence-electron chi connectivity index (χ2n) is 10.5. The largest absolute Gasteiger partial charge is 0.481 e. The normalized spacial score (nSPS) is 10.9. The third-order valence-corrected chi connectivity index (χ3v) is 6.43. The first kappa shape index (κ1) is 34.6. The fraction of sp³-hybridized carbons (Fsp3) is 0.967. The molecule has 0 rings (SSSR count). The Hall–Kier alpha value is -0.570. The van der Waals surface area contributed by atoms with Crippen LogP contribution in [0.1, 0.15) is 175 Å². The number of unbranched alkanes of at least 4 members (excludes halogenated alkanes) is 20. The fourth-order valence-corrected chi connectivity index (χ4v) is 4.20. The number of hydrogen-bond acceptors (Lipinski definition) is 2. The molecule has 2 N–H and O–H groups in total. The fourth-order valence-electron chi connectivity index (χ4n) is 4.20. The SMILES string of the molecule is CC(C)CCCCCCCCCCCO.CCCCCCCCCCCCCCCC(=O)O. The summed E-state index contributed by atoms with van der Waals surface area (Å²) in [6.45, 7) is 7.24. The lowest BCUT2D eigenvalue weighted by Crippen LogP contribution is -1.93. The van der Waals surface area contributed by atoms with Gasteiger partial charge in [-0.2, -0.15) is 0 Å². The molecule has 0 aromatic carbocycles. The van der Waals surface area contributed by atoms with E-state index in [2.05, 4.69) is 20.8 Å². The Morgan fingerprint density at radius 3 is 1.21 bits per heavy atom. The molecule has 0 heterocycles. The summed E-state index contributed by atoms with van der Waals surface area (Å²) < 4.78 is 0. The van der Waals surface area contributed by atoms with Crippen LogP contribution in [0.3, 0.4) is 0 Å². The summed E-state index contributed by atoms with van der Waals surface area (Å²) in [5.74, 6) is 0.224. The van der Waals surface area contributed by atoms with Gasteiger partial charge in [-0.3, -0.25) is 4.79 Å². The predicted molar refractivity (Wildman–Crippen MR) is 146 cm³/mol. The highest BCUT2D eigenvalue weighted by Crippen LogP contribution is 2.14. The van der Waals surface area contributed by atoms with E-state index in [9.17, 15) is 4.79 Å². The molecular formula is C30H62O3. The molecule has 0 aliphatic carbocycles. The highest BCUT2D eigenvalue weighted by atomic mass is 16.4. The molecule has 0 radical (unpaired) electrons. The van der Waals surface area contributed by atoms with Crippen LogP contribution in [0.25, 0.3) is 0 Å². The molecule has 0 saturated carbocycles. The van der Waals surface area contributed by atoms with Crippen molar-refractivity contribution in [2.24, 2.45) is 5.92 Å². The Bertz CT molecular complexity index is 354. The van der Waals surface area contributed by atoms with Crippen LogP contribution in [0.5, 0.6) is 0 Å². The van der Waals surface area contributed by atoms with Gasteiger partial charge in [-0.25, -0.2) is 0 Å². The Labute approximate surface area is 208 Å². The number of aliphatic hydroxyl groups is 1. The van der Waals surface area contributed by atoms with E-state index in [1.807, 2.05) is 0 Å². The summed E-state index contributed by atoms with van der Waals surface area (Å²) in [7, 11) is 0. The van der Waals surface area contributed by atoms with Crippen molar-refractivity contribution in [1.82, 2.24) is 0 Å². The van der Waals surface area contributed by atoms with Gasteiger partial charge >= 0.3 is 5.97 Å². The highest BCUT2D eigenvalue weighted by molar-refractivity contribution is 5.66. The molecule has 0 fully saturated rings. The van der Waals surface area contributed by atoms with E-state index in [1.54, 1.807) is 0 Å². The van der Waals surface area contributed by atoms with Gasteiger partial charge in [0.15, 0.2) is 0 Å². The summed E-state index contributed by atoms with van der Waals surface area (Å²) in [6.07, 6.45) is 30.6. The molecule has 3 nitrogen and oxygen atoms in total. The van der Waals surface area contributed by atoms with E-state index in [0.29, 0.717) is 13.0 Å². The van der Waals surface area contributed by atoms with Crippen LogP contribution < -0.4 is 0 Å². The highest BCUT2D eigenvalue weighted by Gasteiger charge is 1.97. The van der Waals surface area contributed by atoms with Crippen LogP contribution in [0.2, 0.25) is 0 Å². The van der Waals surface area contributed by atoms with Crippen molar-refractivity contribution in [2.45, 2.75) is 175 Å². The van der Waals surface area contributed by atoms with E-state index in [-0.39, 0.29) is 0 Å². The molecule has 0 saturated heterocycles. The first-order valence-electron chi connectivity index (χ1n) is 14.9. The number of hydrogen-bond donors (Lipinski definition) is 2. The van der Waals surface area contributed by atoms with E-state index in [1.165, 1.54) is 128 Å². The number of carboxylic acids is 1. The van der Waals surface area contributed by atoms with Crippen LogP contribution in [-0.4, -0.2) is 22.8 Å². The van der Waals surface area contributed by atoms with Gasteiger partial charge in [0.05, 0.1) is 0 Å². The number of aliphatic hydroxyl groups excluding tert-OH is 1. The average molecular weight is 471 g/mol. The number of carbonyl (C=O) groups is 1. The maximum absolute atomic E-state index is 10.3. The average Bonchev–Trinajstić information content (AvgIpc) is 2.78. The van der Waals surface area contributed by atoms with Crippen LogP contribution in [-0.2, 0) is 4.79 Å². The van der Waals surface area contributed by atoms with Gasteiger partial charge in [-0.1, -0.05) is 156 Å². The Kier molecular flexibility index (Phi) is 33.0. The van der Waals surface area contributed by atoms with Gasteiger partial charge in [-0.05, 0) is 18.8 Å². The first-order valence-corrected chi connectivity index (χ1v) is 14.9. The van der Waals surface area contributed by atoms with Gasteiger partial charge in [0, 0.05) is 13.0 Å². The summed E-state index contributed by atoms with van der Waals surface area (Å²) in [5, 5.41) is 17.1. The second-order valence-corrected chi connectivity index (χ2v) is 10.5. The molecular weight excluding hydrogens is 408 g/mol. The van der Waals surface area contributed by atoms with Crippen LogP contribution in [0.15, 0.2) is 0 Å². The molecule has 200 valence electrons. The van der Waals surface area contributed by atoms with Crippen molar-refractivity contribution in [3.8, 4) is 0 Å². The smallest absolute Gasteiger partial charge is 0.303 e. The number of rotatable bonds is 25. The Morgan fingerprint density at radius 1 is 0.545 bits per heavy atom. The third-order valence-electron chi connectivity index (χ3n) is 6.43. The van der Waals surface area contributed by atoms with Crippen molar-refractivity contribution in [2.75, 3.05) is 6.61 Å². The molecule has 33 heavy (non-hydrogen) atoms. The Balaban J connectivity index is 0. The summed E-state index contributed by atoms with van der Waals surface area (Å²) in [6, 6.07) is 0. The van der Waals surface area contributed by atoms with Gasteiger partial charge in [0.1, 0.15) is 0 Å². The van der Waals surface area contributed by atoms with Crippen LogP contribution in [0.4, 0.5) is 0 Å². The lowest BCUT2D eigenvalue weighted by atomic mass is 10.0. The molecule has 0 unspecified atom stereocenters. The maximum Gasteiger partial charge on any atom is 0.303 e. The van der Waals surface area contributed by atoms with Crippen LogP contribution in [0, 0.1) is 5.92 Å². The monoisotopic (exact) mass is 470 g/mol. The minimum absolute atomic E-state index is 0.345. The maximum atomic E-state index is 10.3.